The average molecular weight is 877 g/mol. The molecule has 69 heavy (non-hydrogen) atoms. The van der Waals surface area contributed by atoms with Crippen LogP contribution in [-0.2, 0) is 5.41 Å². The first-order chi connectivity index (χ1) is 34.2. The Balaban J connectivity index is 0.980. The van der Waals surface area contributed by atoms with Crippen molar-refractivity contribution in [1.29, 1.82) is 0 Å². The zero-order valence-electron chi connectivity index (χ0n) is 37.4. The van der Waals surface area contributed by atoms with E-state index in [0.29, 0.717) is 17.5 Å². The maximum atomic E-state index is 5.24. The van der Waals surface area contributed by atoms with Gasteiger partial charge in [0.05, 0.1) is 16.6 Å². The molecule has 10 aromatic carbocycles. The van der Waals surface area contributed by atoms with E-state index in [9.17, 15) is 0 Å². The standard InChI is InChI=1S/C65H40N4/c1-3-17-43(18-4-1)62-67-63(44-19-5-2-6-20-44)69-64(68-62)48-38-46(41-31-33-42(34-32-41)61-55-26-8-7-21-49(55)54-25-12-16-30-60(54)66-61)37-47(39-48)45-35-36-53-52-24-11-15-29-58(52)65(59(53)40-45)56-27-13-9-22-50(56)51-23-10-14-28-57(51)65/h1-40H. The van der Waals surface area contributed by atoms with Crippen molar-refractivity contribution in [2.24, 2.45) is 0 Å². The molecule has 0 unspecified atom stereocenters. The van der Waals surface area contributed by atoms with Gasteiger partial charge in [-0.1, -0.05) is 212 Å². The predicted molar refractivity (Wildman–Crippen MR) is 282 cm³/mol. The molecule has 2 aliphatic rings. The van der Waals surface area contributed by atoms with Gasteiger partial charge < -0.3 is 0 Å². The number of hydrogen-bond donors (Lipinski definition) is 0. The molecule has 0 radical (unpaired) electrons. The molecule has 0 atom stereocenters. The fourth-order valence-electron chi connectivity index (χ4n) is 11.2. The molecule has 0 bridgehead atoms. The van der Waals surface area contributed by atoms with Crippen molar-refractivity contribution in [2.45, 2.75) is 5.41 Å². The Bertz CT molecular complexity index is 3890. The number of nitrogens with zero attached hydrogens (tertiary/aromatic N) is 4. The van der Waals surface area contributed by atoms with E-state index in [1.165, 1.54) is 49.9 Å². The van der Waals surface area contributed by atoms with Crippen LogP contribution >= 0.6 is 0 Å². The van der Waals surface area contributed by atoms with Crippen molar-refractivity contribution in [2.75, 3.05) is 0 Å². The second-order valence-electron chi connectivity index (χ2n) is 18.1. The lowest BCUT2D eigenvalue weighted by Crippen LogP contribution is -2.25. The van der Waals surface area contributed by atoms with Crippen LogP contribution in [0.25, 0.3) is 112 Å². The maximum absolute atomic E-state index is 5.24. The number of benzene rings is 10. The van der Waals surface area contributed by atoms with Crippen molar-refractivity contribution in [3.05, 3.63) is 265 Å². The van der Waals surface area contributed by atoms with Crippen LogP contribution in [0.5, 0.6) is 0 Å². The van der Waals surface area contributed by atoms with Crippen LogP contribution in [0.3, 0.4) is 0 Å². The second-order valence-corrected chi connectivity index (χ2v) is 18.1. The number of rotatable bonds is 6. The zero-order chi connectivity index (χ0) is 45.5. The van der Waals surface area contributed by atoms with Crippen LogP contribution in [0.15, 0.2) is 243 Å². The van der Waals surface area contributed by atoms with Crippen molar-refractivity contribution >= 4 is 21.7 Å². The van der Waals surface area contributed by atoms with Gasteiger partial charge in [0.25, 0.3) is 0 Å². The van der Waals surface area contributed by atoms with Crippen molar-refractivity contribution in [3.8, 4) is 89.9 Å². The van der Waals surface area contributed by atoms with Crippen LogP contribution < -0.4 is 0 Å². The predicted octanol–water partition coefficient (Wildman–Crippen LogP) is 15.9. The van der Waals surface area contributed by atoms with Gasteiger partial charge >= 0.3 is 0 Å². The number of fused-ring (bicyclic) bond motifs is 13. The summed E-state index contributed by atoms with van der Waals surface area (Å²) in [6.45, 7) is 0. The van der Waals surface area contributed by atoms with Gasteiger partial charge in [0.2, 0.25) is 0 Å². The first-order valence-electron chi connectivity index (χ1n) is 23.5. The van der Waals surface area contributed by atoms with Crippen molar-refractivity contribution in [3.63, 3.8) is 0 Å². The van der Waals surface area contributed by atoms with E-state index in [2.05, 4.69) is 206 Å². The number of hydrogen-bond acceptors (Lipinski definition) is 4. The highest BCUT2D eigenvalue weighted by Crippen LogP contribution is 2.63. The monoisotopic (exact) mass is 876 g/mol. The Labute approximate surface area is 400 Å². The van der Waals surface area contributed by atoms with E-state index in [0.717, 1.165) is 66.5 Å². The van der Waals surface area contributed by atoms with E-state index >= 15 is 0 Å². The molecule has 0 N–H and O–H groups in total. The summed E-state index contributed by atoms with van der Waals surface area (Å²) < 4.78 is 0. The summed E-state index contributed by atoms with van der Waals surface area (Å²) in [5.74, 6) is 1.86. The lowest BCUT2D eigenvalue weighted by atomic mass is 9.70. The lowest BCUT2D eigenvalue weighted by molar-refractivity contribution is 0.794. The number of para-hydroxylation sites is 1. The topological polar surface area (TPSA) is 51.6 Å². The highest BCUT2D eigenvalue weighted by molar-refractivity contribution is 6.11. The SMILES string of the molecule is c1ccc(-c2nc(-c3ccccc3)nc(-c3cc(-c4ccc(-c5nc6ccccc6c6ccccc56)cc4)cc(-c4ccc5c(c4)C4(c6ccccc6-c6ccccc64)c4ccccc4-5)c3)n2)cc1. The van der Waals surface area contributed by atoms with Gasteiger partial charge in [-0.25, -0.2) is 19.9 Å². The minimum absolute atomic E-state index is 0.463. The third-order valence-corrected chi connectivity index (χ3v) is 14.3. The van der Waals surface area contributed by atoms with Crippen molar-refractivity contribution in [1.82, 2.24) is 19.9 Å². The second kappa shape index (κ2) is 15.5. The van der Waals surface area contributed by atoms with Crippen LogP contribution in [-0.4, -0.2) is 19.9 Å². The van der Waals surface area contributed by atoms with E-state index in [1.807, 2.05) is 36.4 Å². The molecule has 0 aliphatic heterocycles. The molecular formula is C65H40N4. The van der Waals surface area contributed by atoms with Gasteiger partial charge in [-0.15, -0.1) is 0 Å². The first kappa shape index (κ1) is 39.1. The molecule has 1 spiro atoms. The average Bonchev–Trinajstić information content (AvgIpc) is 3.90. The normalized spacial score (nSPS) is 12.8. The highest BCUT2D eigenvalue weighted by Gasteiger charge is 2.51. The molecule has 320 valence electrons. The zero-order valence-corrected chi connectivity index (χ0v) is 37.4. The fourth-order valence-corrected chi connectivity index (χ4v) is 11.2. The fraction of sp³-hybridized carbons (Fsp3) is 0.0154. The summed E-state index contributed by atoms with van der Waals surface area (Å²) in [5.41, 5.74) is 20.0. The van der Waals surface area contributed by atoms with Gasteiger partial charge in [-0.05, 0) is 102 Å². The molecule has 0 fully saturated rings. The largest absolute Gasteiger partial charge is 0.247 e. The Kier molecular flexibility index (Phi) is 8.77. The Hall–Kier alpha value is -9.12. The Morgan fingerprint density at radius 2 is 0.652 bits per heavy atom. The molecule has 0 saturated carbocycles. The first-order valence-corrected chi connectivity index (χ1v) is 23.5. The highest BCUT2D eigenvalue weighted by atomic mass is 15.0. The maximum Gasteiger partial charge on any atom is 0.164 e. The summed E-state index contributed by atoms with van der Waals surface area (Å²) in [4.78, 5) is 20.8. The van der Waals surface area contributed by atoms with E-state index in [1.54, 1.807) is 0 Å². The third-order valence-electron chi connectivity index (χ3n) is 14.3. The van der Waals surface area contributed by atoms with E-state index in [4.69, 9.17) is 19.9 Å². The molecule has 14 rings (SSSR count). The quantitative estimate of drug-likeness (QED) is 0.156. The molecule has 12 aromatic rings. The molecule has 2 aliphatic carbocycles. The molecule has 0 amide bonds. The summed E-state index contributed by atoms with van der Waals surface area (Å²) in [6, 6.07) is 87.1. The van der Waals surface area contributed by atoms with Crippen LogP contribution in [0.1, 0.15) is 22.3 Å². The Morgan fingerprint density at radius 3 is 1.25 bits per heavy atom. The number of pyridine rings is 1. The lowest BCUT2D eigenvalue weighted by Gasteiger charge is -2.30. The smallest absolute Gasteiger partial charge is 0.164 e. The van der Waals surface area contributed by atoms with Crippen LogP contribution in [0.4, 0.5) is 0 Å². The Morgan fingerprint density at radius 1 is 0.232 bits per heavy atom. The van der Waals surface area contributed by atoms with E-state index in [-0.39, 0.29) is 0 Å². The van der Waals surface area contributed by atoms with Crippen LogP contribution in [0.2, 0.25) is 0 Å². The molecule has 2 aromatic heterocycles. The molecular weight excluding hydrogens is 837 g/mol. The van der Waals surface area contributed by atoms with Gasteiger partial charge in [0, 0.05) is 33.0 Å². The minimum atomic E-state index is -0.463. The summed E-state index contributed by atoms with van der Waals surface area (Å²) in [5, 5.41) is 3.49. The van der Waals surface area contributed by atoms with Crippen molar-refractivity contribution < 1.29 is 0 Å². The third kappa shape index (κ3) is 6.09. The molecule has 0 saturated heterocycles. The number of aromatic nitrogens is 4. The van der Waals surface area contributed by atoms with Gasteiger partial charge in [0.15, 0.2) is 17.5 Å². The van der Waals surface area contributed by atoms with Crippen LogP contribution in [0, 0.1) is 0 Å². The molecule has 4 nitrogen and oxygen atoms in total. The minimum Gasteiger partial charge on any atom is -0.247 e. The van der Waals surface area contributed by atoms with Gasteiger partial charge in [-0.3, -0.25) is 0 Å². The molecule has 2 heterocycles. The molecule has 4 heteroatoms. The summed E-state index contributed by atoms with van der Waals surface area (Å²) in [7, 11) is 0. The summed E-state index contributed by atoms with van der Waals surface area (Å²) in [6.07, 6.45) is 0. The van der Waals surface area contributed by atoms with Gasteiger partial charge in [0.1, 0.15) is 0 Å². The van der Waals surface area contributed by atoms with Gasteiger partial charge in [-0.2, -0.15) is 0 Å². The summed E-state index contributed by atoms with van der Waals surface area (Å²) >= 11 is 0. The van der Waals surface area contributed by atoms with E-state index < -0.39 is 5.41 Å².